The summed E-state index contributed by atoms with van der Waals surface area (Å²) in [5.41, 5.74) is 6.28. The normalized spacial score (nSPS) is 11.5. The highest BCUT2D eigenvalue weighted by Gasteiger charge is 2.13. The van der Waals surface area contributed by atoms with Crippen molar-refractivity contribution in [3.63, 3.8) is 0 Å². The topological polar surface area (TPSA) is 15.8 Å². The summed E-state index contributed by atoms with van der Waals surface area (Å²) in [5.74, 6) is 0. The van der Waals surface area contributed by atoms with Crippen LogP contribution < -0.4 is 0 Å². The maximum atomic E-state index is 3.65. The molecule has 24 heavy (non-hydrogen) atoms. The third-order valence-electron chi connectivity index (χ3n) is 4.83. The summed E-state index contributed by atoms with van der Waals surface area (Å²) in [5, 5.41) is 5.15. The maximum absolute atomic E-state index is 3.65. The second kappa shape index (κ2) is 4.97. The van der Waals surface area contributed by atoms with E-state index in [4.69, 9.17) is 0 Å². The molecule has 0 saturated heterocycles. The first-order valence-corrected chi connectivity index (χ1v) is 8.30. The Labute approximate surface area is 140 Å². The lowest BCUT2D eigenvalue weighted by molar-refractivity contribution is 1.47. The fraction of sp³-hybridized carbons (Fsp3) is 0.0435. The first-order chi connectivity index (χ1) is 11.8. The van der Waals surface area contributed by atoms with Gasteiger partial charge in [-0.1, -0.05) is 72.3 Å². The fourth-order valence-corrected chi connectivity index (χ4v) is 3.74. The first kappa shape index (κ1) is 13.4. The van der Waals surface area contributed by atoms with E-state index in [1.165, 1.54) is 49.3 Å². The summed E-state index contributed by atoms with van der Waals surface area (Å²) in [6.45, 7) is 2.15. The molecule has 0 bridgehead atoms. The van der Waals surface area contributed by atoms with Gasteiger partial charge in [0.2, 0.25) is 0 Å². The van der Waals surface area contributed by atoms with E-state index in [2.05, 4.69) is 90.8 Å². The van der Waals surface area contributed by atoms with Crippen LogP contribution in [0.25, 0.3) is 43.7 Å². The number of hydrogen-bond acceptors (Lipinski definition) is 0. The Hall–Kier alpha value is -3.06. The van der Waals surface area contributed by atoms with E-state index in [0.717, 1.165) is 0 Å². The lowest BCUT2D eigenvalue weighted by Gasteiger charge is -2.09. The summed E-state index contributed by atoms with van der Waals surface area (Å²) in [6, 6.07) is 28.3. The predicted molar refractivity (Wildman–Crippen MR) is 103 cm³/mol. The number of para-hydroxylation sites is 1. The van der Waals surface area contributed by atoms with Crippen molar-refractivity contribution in [1.82, 2.24) is 4.98 Å². The van der Waals surface area contributed by atoms with Crippen LogP contribution in [0, 0.1) is 6.92 Å². The molecule has 114 valence electrons. The monoisotopic (exact) mass is 307 g/mol. The molecule has 5 rings (SSSR count). The van der Waals surface area contributed by atoms with Gasteiger partial charge in [-0.3, -0.25) is 0 Å². The zero-order valence-corrected chi connectivity index (χ0v) is 13.5. The molecular formula is C23H17N. The van der Waals surface area contributed by atoms with E-state index in [1.807, 2.05) is 0 Å². The molecule has 1 aromatic heterocycles. The number of hydrogen-bond donors (Lipinski definition) is 1. The van der Waals surface area contributed by atoms with Gasteiger partial charge in [0.15, 0.2) is 0 Å². The molecule has 0 saturated carbocycles. The van der Waals surface area contributed by atoms with E-state index in [9.17, 15) is 0 Å². The Bertz CT molecular complexity index is 1210. The molecule has 1 N–H and O–H groups in total. The number of rotatable bonds is 1. The van der Waals surface area contributed by atoms with Crippen LogP contribution in [-0.2, 0) is 0 Å². The lowest BCUT2D eigenvalue weighted by Crippen LogP contribution is -1.84. The summed E-state index contributed by atoms with van der Waals surface area (Å²) in [6.07, 6.45) is 0. The molecule has 0 radical (unpaired) electrons. The number of H-pyrrole nitrogens is 1. The minimum atomic E-state index is 1.19. The molecule has 1 heteroatoms. The molecule has 0 amide bonds. The number of aryl methyl sites for hydroxylation is 1. The van der Waals surface area contributed by atoms with Crippen LogP contribution in [0.3, 0.4) is 0 Å². The lowest BCUT2D eigenvalue weighted by atomic mass is 9.94. The van der Waals surface area contributed by atoms with Gasteiger partial charge in [0.05, 0.1) is 5.52 Å². The van der Waals surface area contributed by atoms with E-state index in [-0.39, 0.29) is 0 Å². The molecule has 0 fully saturated rings. The molecule has 0 aliphatic carbocycles. The number of aromatic nitrogens is 1. The van der Waals surface area contributed by atoms with Gasteiger partial charge in [-0.05, 0) is 35.6 Å². The van der Waals surface area contributed by atoms with Crippen molar-refractivity contribution in [2.45, 2.75) is 6.92 Å². The van der Waals surface area contributed by atoms with Gasteiger partial charge < -0.3 is 4.98 Å². The third-order valence-corrected chi connectivity index (χ3v) is 4.83. The Morgan fingerprint density at radius 3 is 2.38 bits per heavy atom. The summed E-state index contributed by atoms with van der Waals surface area (Å²) >= 11 is 0. The molecule has 0 atom stereocenters. The highest BCUT2D eigenvalue weighted by Crippen LogP contribution is 2.39. The van der Waals surface area contributed by atoms with Crippen LogP contribution in [0.5, 0.6) is 0 Å². The van der Waals surface area contributed by atoms with Gasteiger partial charge in [0.25, 0.3) is 0 Å². The van der Waals surface area contributed by atoms with E-state index in [1.54, 1.807) is 0 Å². The first-order valence-electron chi connectivity index (χ1n) is 8.30. The van der Waals surface area contributed by atoms with Crippen LogP contribution in [0.1, 0.15) is 5.56 Å². The average molecular weight is 307 g/mol. The van der Waals surface area contributed by atoms with Gasteiger partial charge >= 0.3 is 0 Å². The third kappa shape index (κ3) is 1.88. The smallest absolute Gasteiger partial charge is 0.0550 e. The maximum Gasteiger partial charge on any atom is 0.0550 e. The minimum absolute atomic E-state index is 1.19. The largest absolute Gasteiger partial charge is 0.354 e. The van der Waals surface area contributed by atoms with Crippen LogP contribution in [0.2, 0.25) is 0 Å². The van der Waals surface area contributed by atoms with Gasteiger partial charge in [0.1, 0.15) is 0 Å². The van der Waals surface area contributed by atoms with E-state index >= 15 is 0 Å². The van der Waals surface area contributed by atoms with Crippen molar-refractivity contribution in [1.29, 1.82) is 0 Å². The van der Waals surface area contributed by atoms with Crippen molar-refractivity contribution >= 4 is 32.6 Å². The fourth-order valence-electron chi connectivity index (χ4n) is 3.74. The van der Waals surface area contributed by atoms with Crippen molar-refractivity contribution < 1.29 is 0 Å². The quantitative estimate of drug-likeness (QED) is 0.366. The van der Waals surface area contributed by atoms with E-state index < -0.39 is 0 Å². The Morgan fingerprint density at radius 2 is 1.50 bits per heavy atom. The van der Waals surface area contributed by atoms with Crippen LogP contribution in [0.4, 0.5) is 0 Å². The van der Waals surface area contributed by atoms with Gasteiger partial charge in [-0.2, -0.15) is 0 Å². The molecule has 0 unspecified atom stereocenters. The van der Waals surface area contributed by atoms with Gasteiger partial charge in [-0.15, -0.1) is 0 Å². The molecular weight excluding hydrogens is 290 g/mol. The van der Waals surface area contributed by atoms with Crippen LogP contribution in [-0.4, -0.2) is 4.98 Å². The standard InChI is InChI=1S/C23H17N/c1-15-7-6-9-16(13-15)20-14-17-8-2-3-10-18(17)23-22(20)19-11-4-5-12-21(19)24-23/h2-14,24H,1H3. The van der Waals surface area contributed by atoms with Crippen LogP contribution in [0.15, 0.2) is 78.9 Å². The molecule has 0 aliphatic heterocycles. The Balaban J connectivity index is 2.04. The molecule has 0 aliphatic rings. The zero-order valence-electron chi connectivity index (χ0n) is 13.5. The number of fused-ring (bicyclic) bond motifs is 5. The van der Waals surface area contributed by atoms with E-state index in [0.29, 0.717) is 0 Å². The highest BCUT2D eigenvalue weighted by atomic mass is 14.7. The minimum Gasteiger partial charge on any atom is -0.354 e. The number of aromatic amines is 1. The molecule has 0 spiro atoms. The summed E-state index contributed by atoms with van der Waals surface area (Å²) in [4.78, 5) is 3.65. The molecule has 1 heterocycles. The van der Waals surface area contributed by atoms with Gasteiger partial charge in [0, 0.05) is 21.7 Å². The van der Waals surface area contributed by atoms with Crippen molar-refractivity contribution in [3.05, 3.63) is 84.4 Å². The average Bonchev–Trinajstić information content (AvgIpc) is 3.01. The Kier molecular flexibility index (Phi) is 2.77. The number of nitrogens with one attached hydrogen (secondary N) is 1. The number of benzene rings is 4. The highest BCUT2D eigenvalue weighted by molar-refractivity contribution is 6.22. The van der Waals surface area contributed by atoms with Crippen molar-refractivity contribution in [3.8, 4) is 11.1 Å². The molecule has 5 aromatic rings. The molecule has 1 nitrogen and oxygen atoms in total. The predicted octanol–water partition coefficient (Wildman–Crippen LogP) is 6.45. The second-order valence-electron chi connectivity index (χ2n) is 6.44. The summed E-state index contributed by atoms with van der Waals surface area (Å²) < 4.78 is 0. The van der Waals surface area contributed by atoms with Crippen molar-refractivity contribution in [2.75, 3.05) is 0 Å². The van der Waals surface area contributed by atoms with Gasteiger partial charge in [-0.25, -0.2) is 0 Å². The van der Waals surface area contributed by atoms with Crippen molar-refractivity contribution in [2.24, 2.45) is 0 Å². The Morgan fingerprint density at radius 1 is 0.708 bits per heavy atom. The summed E-state index contributed by atoms with van der Waals surface area (Å²) in [7, 11) is 0. The SMILES string of the molecule is Cc1cccc(-c2cc3ccccc3c3[nH]c4ccccc4c23)c1. The molecule has 4 aromatic carbocycles. The second-order valence-corrected chi connectivity index (χ2v) is 6.44. The zero-order chi connectivity index (χ0) is 16.1. The van der Waals surface area contributed by atoms with Crippen LogP contribution >= 0.6 is 0 Å².